The topological polar surface area (TPSA) is 176 Å². The molecule has 0 radical (unpaired) electrons. The predicted octanol–water partition coefficient (Wildman–Crippen LogP) is 2.64. The highest BCUT2D eigenvalue weighted by Gasteiger charge is 2.33. The molecule has 1 fully saturated rings. The van der Waals surface area contributed by atoms with Crippen LogP contribution in [0.25, 0.3) is 5.69 Å². The van der Waals surface area contributed by atoms with E-state index in [-0.39, 0.29) is 56.3 Å². The van der Waals surface area contributed by atoms with Crippen LogP contribution in [-0.4, -0.2) is 47.5 Å². The third-order valence-corrected chi connectivity index (χ3v) is 7.71. The van der Waals surface area contributed by atoms with Gasteiger partial charge in [0.1, 0.15) is 22.5 Å². The van der Waals surface area contributed by atoms with Gasteiger partial charge in [0, 0.05) is 18.2 Å². The van der Waals surface area contributed by atoms with Crippen LogP contribution < -0.4 is 25.4 Å². The van der Waals surface area contributed by atoms with Gasteiger partial charge >= 0.3 is 5.69 Å². The summed E-state index contributed by atoms with van der Waals surface area (Å²) >= 11 is 12.6. The number of halogens is 4. The van der Waals surface area contributed by atoms with Crippen molar-refractivity contribution in [1.29, 1.82) is 5.26 Å². The molecule has 0 amide bonds. The molecule has 2 aromatic carbocycles. The maximum absolute atomic E-state index is 13.1. The van der Waals surface area contributed by atoms with Crippen LogP contribution >= 0.6 is 23.2 Å². The molecule has 12 nitrogen and oxygen atoms in total. The quantitative estimate of drug-likeness (QED) is 0.349. The molecule has 1 aliphatic carbocycles. The Kier molecular flexibility index (Phi) is 7.96. The van der Waals surface area contributed by atoms with Crippen molar-refractivity contribution in [2.24, 2.45) is 0 Å². The highest BCUT2D eigenvalue weighted by molar-refractivity contribution is 7.89. The van der Waals surface area contributed by atoms with E-state index in [0.717, 1.165) is 24.3 Å². The number of nitrogens with zero attached hydrogens (tertiary/aromatic N) is 3. The number of nitriles is 1. The maximum atomic E-state index is 13.1. The van der Waals surface area contributed by atoms with E-state index < -0.39 is 45.5 Å². The van der Waals surface area contributed by atoms with E-state index in [1.54, 1.807) is 4.98 Å². The number of aromatic amines is 1. The Bertz CT molecular complexity index is 1690. The number of hydrogen-bond acceptors (Lipinski definition) is 9. The number of sulfonamides is 1. The number of nitrogens with one attached hydrogen (secondary N) is 2. The van der Waals surface area contributed by atoms with Crippen molar-refractivity contribution in [2.45, 2.75) is 36.3 Å². The molecule has 0 unspecified atom stereocenters. The average Bonchev–Trinajstić information content (AvgIpc) is 2.84. The lowest BCUT2D eigenvalue weighted by molar-refractivity contribution is 0.0712. The van der Waals surface area contributed by atoms with Crippen LogP contribution in [0.5, 0.6) is 17.2 Å². The van der Waals surface area contributed by atoms with E-state index >= 15 is 0 Å². The van der Waals surface area contributed by atoms with E-state index in [2.05, 4.69) is 9.82 Å². The van der Waals surface area contributed by atoms with Gasteiger partial charge < -0.3 is 14.6 Å². The number of aliphatic hydroxyl groups is 1. The minimum atomic E-state index is -4.19. The molecule has 0 spiro atoms. The highest BCUT2D eigenvalue weighted by Crippen LogP contribution is 2.41. The van der Waals surface area contributed by atoms with Gasteiger partial charge in [0.2, 0.25) is 10.0 Å². The number of H-pyrrole nitrogens is 1. The molecule has 0 aliphatic heterocycles. The van der Waals surface area contributed by atoms with Gasteiger partial charge in [0.15, 0.2) is 11.4 Å². The smallest absolute Gasteiger partial charge is 0.349 e. The molecule has 4 rings (SSSR count). The number of aromatic nitrogens is 3. The van der Waals surface area contributed by atoms with E-state index in [9.17, 15) is 37.2 Å². The number of hydrogen-bond donors (Lipinski definition) is 3. The minimum Gasteiger partial charge on any atom is -0.495 e. The second-order valence-corrected chi connectivity index (χ2v) is 10.7. The molecule has 39 heavy (non-hydrogen) atoms. The van der Waals surface area contributed by atoms with Crippen molar-refractivity contribution in [3.8, 4) is 29.0 Å². The lowest BCUT2D eigenvalue weighted by atomic mass is 9.91. The number of rotatable bonds is 8. The fourth-order valence-corrected chi connectivity index (χ4v) is 5.64. The Morgan fingerprint density at radius 2 is 1.85 bits per heavy atom. The zero-order valence-corrected chi connectivity index (χ0v) is 21.9. The minimum absolute atomic E-state index is 0.152. The summed E-state index contributed by atoms with van der Waals surface area (Å²) in [6.45, 7) is 0. The standard InChI is InChI=1S/C22H17Cl2F2N5O7S/c1-37-16-2-9(8-27)15(7-17(16)39(35,36)30-10-3-12(32)4-10)38-19-13(23)5-11(6-14(19)24)31-22(34)28-21(33)18(29-31)20(25)26/h2,5-7,10,12,20,30,32H,3-4H2,1H3,(H,28,33,34). The molecule has 3 N–H and O–H groups in total. The molecule has 0 saturated heterocycles. The number of benzene rings is 2. The molecule has 206 valence electrons. The molecule has 1 aromatic heterocycles. The van der Waals surface area contributed by atoms with Gasteiger partial charge in [-0.1, -0.05) is 23.2 Å². The molecule has 1 heterocycles. The first-order valence-electron chi connectivity index (χ1n) is 10.9. The van der Waals surface area contributed by atoms with Crippen molar-refractivity contribution in [2.75, 3.05) is 7.11 Å². The maximum Gasteiger partial charge on any atom is 0.349 e. The van der Waals surface area contributed by atoms with Crippen molar-refractivity contribution in [3.05, 3.63) is 66.4 Å². The third-order valence-electron chi connectivity index (χ3n) is 5.61. The van der Waals surface area contributed by atoms with Crippen LogP contribution in [0.2, 0.25) is 10.0 Å². The van der Waals surface area contributed by atoms with Gasteiger partial charge in [0.25, 0.3) is 12.0 Å². The number of methoxy groups -OCH3 is 1. The first kappa shape index (κ1) is 28.5. The van der Waals surface area contributed by atoms with Crippen LogP contribution in [0.1, 0.15) is 30.5 Å². The largest absolute Gasteiger partial charge is 0.495 e. The summed E-state index contributed by atoms with van der Waals surface area (Å²) in [4.78, 5) is 25.1. The molecular weight excluding hydrogens is 587 g/mol. The summed E-state index contributed by atoms with van der Waals surface area (Å²) in [6, 6.07) is 5.64. The average molecular weight is 604 g/mol. The van der Waals surface area contributed by atoms with Crippen molar-refractivity contribution in [1.82, 2.24) is 19.5 Å². The second kappa shape index (κ2) is 10.9. The zero-order chi connectivity index (χ0) is 28.6. The van der Waals surface area contributed by atoms with Crippen LogP contribution in [0.15, 0.2) is 38.8 Å². The Labute approximate surface area is 228 Å². The molecular formula is C22H17Cl2F2N5O7S. The van der Waals surface area contributed by atoms with Crippen LogP contribution in [-0.2, 0) is 10.0 Å². The van der Waals surface area contributed by atoms with Crippen molar-refractivity contribution < 1.29 is 31.8 Å². The van der Waals surface area contributed by atoms with Gasteiger partial charge in [0.05, 0.1) is 34.5 Å². The Balaban J connectivity index is 1.75. The summed E-state index contributed by atoms with van der Waals surface area (Å²) in [5.41, 5.74) is -4.07. The lowest BCUT2D eigenvalue weighted by Crippen LogP contribution is -2.46. The lowest BCUT2D eigenvalue weighted by Gasteiger charge is -2.31. The summed E-state index contributed by atoms with van der Waals surface area (Å²) in [6.07, 6.45) is -3.44. The summed E-state index contributed by atoms with van der Waals surface area (Å²) in [5, 5.41) is 21.9. The van der Waals surface area contributed by atoms with Crippen LogP contribution in [0, 0.1) is 11.3 Å². The molecule has 3 aromatic rings. The third kappa shape index (κ3) is 5.75. The van der Waals surface area contributed by atoms with E-state index in [1.807, 2.05) is 6.07 Å². The summed E-state index contributed by atoms with van der Waals surface area (Å²) < 4.78 is 66.0. The second-order valence-electron chi connectivity index (χ2n) is 8.25. The van der Waals surface area contributed by atoms with Gasteiger partial charge in [-0.15, -0.1) is 0 Å². The van der Waals surface area contributed by atoms with E-state index in [0.29, 0.717) is 4.68 Å². The summed E-state index contributed by atoms with van der Waals surface area (Å²) in [5.74, 6) is -0.700. The summed E-state index contributed by atoms with van der Waals surface area (Å²) in [7, 11) is -2.98. The van der Waals surface area contributed by atoms with Crippen LogP contribution in [0.4, 0.5) is 8.78 Å². The Morgan fingerprint density at radius 3 is 2.38 bits per heavy atom. The Morgan fingerprint density at radius 1 is 1.21 bits per heavy atom. The van der Waals surface area contributed by atoms with E-state index in [4.69, 9.17) is 32.7 Å². The first-order valence-corrected chi connectivity index (χ1v) is 13.1. The van der Waals surface area contributed by atoms with Gasteiger partial charge in [-0.25, -0.2) is 26.7 Å². The molecule has 0 bridgehead atoms. The first-order chi connectivity index (χ1) is 18.3. The van der Waals surface area contributed by atoms with Crippen LogP contribution in [0.3, 0.4) is 0 Å². The molecule has 1 aliphatic rings. The van der Waals surface area contributed by atoms with Crippen molar-refractivity contribution >= 4 is 33.2 Å². The molecule has 0 atom stereocenters. The fourth-order valence-electron chi connectivity index (χ4n) is 3.66. The SMILES string of the molecule is COc1cc(C#N)c(Oc2c(Cl)cc(-n3nc(C(F)F)c(=O)[nH]c3=O)cc2Cl)cc1S(=O)(=O)NC1CC(O)C1. The number of aliphatic hydroxyl groups excluding tert-OH is 1. The van der Waals surface area contributed by atoms with Gasteiger partial charge in [-0.2, -0.15) is 15.0 Å². The molecule has 1 saturated carbocycles. The normalized spacial score (nSPS) is 17.0. The predicted molar refractivity (Wildman–Crippen MR) is 133 cm³/mol. The molecule has 17 heteroatoms. The van der Waals surface area contributed by atoms with E-state index in [1.165, 1.54) is 7.11 Å². The monoisotopic (exact) mass is 603 g/mol. The number of alkyl halides is 2. The highest BCUT2D eigenvalue weighted by atomic mass is 35.5. The Hall–Kier alpha value is -3.55. The fraction of sp³-hybridized carbons (Fsp3) is 0.273. The van der Waals surface area contributed by atoms with Gasteiger partial charge in [-0.3, -0.25) is 9.78 Å². The number of ether oxygens (including phenoxy) is 2. The van der Waals surface area contributed by atoms with Gasteiger partial charge in [-0.05, 0) is 25.0 Å². The van der Waals surface area contributed by atoms with Crippen molar-refractivity contribution in [3.63, 3.8) is 0 Å². The zero-order valence-electron chi connectivity index (χ0n) is 19.6.